The summed E-state index contributed by atoms with van der Waals surface area (Å²) in [6.45, 7) is 4.89. The topological polar surface area (TPSA) is 64.9 Å². The zero-order valence-electron chi connectivity index (χ0n) is 9.06. The number of aryl methyl sites for hydroxylation is 1. The molecule has 14 heavy (non-hydrogen) atoms. The van der Waals surface area contributed by atoms with Crippen LogP contribution in [0.1, 0.15) is 13.8 Å². The van der Waals surface area contributed by atoms with Crippen LogP contribution < -0.4 is 5.32 Å². The maximum absolute atomic E-state index is 5.11. The van der Waals surface area contributed by atoms with Crippen LogP contribution in [0.15, 0.2) is 0 Å². The zero-order chi connectivity index (χ0) is 10.6. The van der Waals surface area contributed by atoms with Crippen LogP contribution in [0, 0.1) is 5.92 Å². The quantitative estimate of drug-likeness (QED) is 0.738. The molecule has 0 aromatic carbocycles. The first kappa shape index (κ1) is 10.9. The average Bonchev–Trinajstić information content (AvgIpc) is 2.51. The summed E-state index contributed by atoms with van der Waals surface area (Å²) in [6, 6.07) is 0.227. The van der Waals surface area contributed by atoms with Gasteiger partial charge < -0.3 is 10.1 Å². The van der Waals surface area contributed by atoms with Crippen molar-refractivity contribution in [1.82, 2.24) is 20.2 Å². The van der Waals surface area contributed by atoms with Crippen LogP contribution in [0.2, 0.25) is 0 Å². The lowest BCUT2D eigenvalue weighted by Crippen LogP contribution is -2.31. The van der Waals surface area contributed by atoms with Crippen molar-refractivity contribution < 1.29 is 4.74 Å². The van der Waals surface area contributed by atoms with Gasteiger partial charge in [0.2, 0.25) is 5.95 Å². The van der Waals surface area contributed by atoms with Crippen LogP contribution in [0.4, 0.5) is 5.95 Å². The highest BCUT2D eigenvalue weighted by molar-refractivity contribution is 5.23. The Balaban J connectivity index is 2.60. The number of tetrazole rings is 1. The van der Waals surface area contributed by atoms with Crippen molar-refractivity contribution in [1.29, 1.82) is 0 Å². The van der Waals surface area contributed by atoms with Crippen molar-refractivity contribution >= 4 is 5.95 Å². The molecule has 0 saturated carbocycles. The Morgan fingerprint density at radius 3 is 2.64 bits per heavy atom. The first-order valence-corrected chi connectivity index (χ1v) is 4.63. The Hall–Kier alpha value is -1.17. The fourth-order valence-corrected chi connectivity index (χ4v) is 1.10. The lowest BCUT2D eigenvalue weighted by Gasteiger charge is -2.21. The predicted molar refractivity (Wildman–Crippen MR) is 52.9 cm³/mol. The van der Waals surface area contributed by atoms with Crippen LogP contribution >= 0.6 is 0 Å². The lowest BCUT2D eigenvalue weighted by molar-refractivity contribution is 0.170. The van der Waals surface area contributed by atoms with Crippen LogP contribution in [0.5, 0.6) is 0 Å². The van der Waals surface area contributed by atoms with E-state index in [4.69, 9.17) is 4.74 Å². The van der Waals surface area contributed by atoms with Crippen molar-refractivity contribution in [2.24, 2.45) is 13.0 Å². The van der Waals surface area contributed by atoms with Gasteiger partial charge >= 0.3 is 0 Å². The van der Waals surface area contributed by atoms with Crippen molar-refractivity contribution in [2.75, 3.05) is 19.0 Å². The Morgan fingerprint density at radius 2 is 2.21 bits per heavy atom. The monoisotopic (exact) mass is 199 g/mol. The minimum Gasteiger partial charge on any atom is -0.383 e. The van der Waals surface area contributed by atoms with Gasteiger partial charge in [0.1, 0.15) is 0 Å². The molecule has 0 aliphatic carbocycles. The molecule has 0 bridgehead atoms. The first-order chi connectivity index (χ1) is 6.65. The van der Waals surface area contributed by atoms with Gasteiger partial charge in [-0.2, -0.15) is 0 Å². The molecule has 1 unspecified atom stereocenters. The van der Waals surface area contributed by atoms with E-state index in [0.29, 0.717) is 18.5 Å². The van der Waals surface area contributed by atoms with E-state index in [1.54, 1.807) is 18.8 Å². The van der Waals surface area contributed by atoms with E-state index in [1.807, 2.05) is 0 Å². The molecule has 80 valence electrons. The van der Waals surface area contributed by atoms with Gasteiger partial charge in [-0.05, 0) is 16.3 Å². The molecule has 0 spiro atoms. The van der Waals surface area contributed by atoms with Gasteiger partial charge in [0.15, 0.2) is 0 Å². The number of rotatable bonds is 5. The molecule has 0 aliphatic rings. The van der Waals surface area contributed by atoms with E-state index >= 15 is 0 Å². The van der Waals surface area contributed by atoms with Gasteiger partial charge in [-0.25, -0.2) is 4.68 Å². The summed E-state index contributed by atoms with van der Waals surface area (Å²) in [4.78, 5) is 0. The third kappa shape index (κ3) is 2.66. The van der Waals surface area contributed by atoms with E-state index in [0.717, 1.165) is 0 Å². The number of hydrogen-bond acceptors (Lipinski definition) is 5. The average molecular weight is 199 g/mol. The molecule has 0 aliphatic heterocycles. The molecule has 6 heteroatoms. The SMILES string of the molecule is COCC(Nc1nnnn1C)C(C)C. The normalized spacial score (nSPS) is 13.2. The zero-order valence-corrected chi connectivity index (χ0v) is 9.06. The molecule has 1 aromatic rings. The van der Waals surface area contributed by atoms with Crippen LogP contribution in [0.3, 0.4) is 0 Å². The largest absolute Gasteiger partial charge is 0.383 e. The smallest absolute Gasteiger partial charge is 0.242 e. The molecule has 1 atom stereocenters. The van der Waals surface area contributed by atoms with Crippen molar-refractivity contribution in [3.63, 3.8) is 0 Å². The van der Waals surface area contributed by atoms with Crippen molar-refractivity contribution in [2.45, 2.75) is 19.9 Å². The maximum Gasteiger partial charge on any atom is 0.242 e. The Labute approximate surface area is 83.6 Å². The second kappa shape index (κ2) is 4.90. The number of hydrogen-bond donors (Lipinski definition) is 1. The maximum atomic E-state index is 5.11. The molecule has 1 N–H and O–H groups in total. The Kier molecular flexibility index (Phi) is 3.82. The molecule has 6 nitrogen and oxygen atoms in total. The summed E-state index contributed by atoms with van der Waals surface area (Å²) in [5.41, 5.74) is 0. The van der Waals surface area contributed by atoms with E-state index in [1.165, 1.54) is 0 Å². The Bertz CT molecular complexity index is 272. The predicted octanol–water partition coefficient (Wildman–Crippen LogP) is 0.293. The number of methoxy groups -OCH3 is 1. The lowest BCUT2D eigenvalue weighted by atomic mass is 10.1. The van der Waals surface area contributed by atoms with Gasteiger partial charge in [0.25, 0.3) is 0 Å². The molecule has 0 radical (unpaired) electrons. The number of anilines is 1. The summed E-state index contributed by atoms with van der Waals surface area (Å²) in [7, 11) is 3.48. The highest BCUT2D eigenvalue weighted by Gasteiger charge is 2.15. The molecule has 0 fully saturated rings. The summed E-state index contributed by atoms with van der Waals surface area (Å²) in [5, 5.41) is 14.4. The third-order valence-corrected chi connectivity index (χ3v) is 2.09. The van der Waals surface area contributed by atoms with Gasteiger partial charge in [-0.1, -0.05) is 18.9 Å². The highest BCUT2D eigenvalue weighted by Crippen LogP contribution is 2.08. The molecular formula is C8H17N5O. The van der Waals surface area contributed by atoms with E-state index in [9.17, 15) is 0 Å². The standard InChI is InChI=1S/C8H17N5O/c1-6(2)7(5-14-4)9-8-10-11-12-13(8)3/h6-7H,5H2,1-4H3,(H,9,10,12). The molecule has 1 rings (SSSR count). The fraction of sp³-hybridized carbons (Fsp3) is 0.875. The van der Waals surface area contributed by atoms with Crippen molar-refractivity contribution in [3.8, 4) is 0 Å². The molecule has 1 aromatic heterocycles. The summed E-state index contributed by atoms with van der Waals surface area (Å²) < 4.78 is 6.72. The number of ether oxygens (including phenoxy) is 1. The van der Waals surface area contributed by atoms with Crippen LogP contribution in [0.25, 0.3) is 0 Å². The fourth-order valence-electron chi connectivity index (χ4n) is 1.10. The molecular weight excluding hydrogens is 182 g/mol. The summed E-state index contributed by atoms with van der Waals surface area (Å²) in [6.07, 6.45) is 0. The minimum absolute atomic E-state index is 0.227. The summed E-state index contributed by atoms with van der Waals surface area (Å²) >= 11 is 0. The molecule has 1 heterocycles. The second-order valence-electron chi connectivity index (χ2n) is 3.58. The van der Waals surface area contributed by atoms with E-state index in [-0.39, 0.29) is 6.04 Å². The summed E-state index contributed by atoms with van der Waals surface area (Å²) in [5.74, 6) is 1.13. The third-order valence-electron chi connectivity index (χ3n) is 2.09. The van der Waals surface area contributed by atoms with Gasteiger partial charge in [-0.3, -0.25) is 0 Å². The number of nitrogens with one attached hydrogen (secondary N) is 1. The second-order valence-corrected chi connectivity index (χ2v) is 3.58. The highest BCUT2D eigenvalue weighted by atomic mass is 16.5. The van der Waals surface area contributed by atoms with E-state index in [2.05, 4.69) is 34.7 Å². The van der Waals surface area contributed by atoms with Gasteiger partial charge in [0, 0.05) is 14.2 Å². The molecule has 0 amide bonds. The number of nitrogens with zero attached hydrogens (tertiary/aromatic N) is 4. The first-order valence-electron chi connectivity index (χ1n) is 4.63. The van der Waals surface area contributed by atoms with Gasteiger partial charge in [0.05, 0.1) is 12.6 Å². The van der Waals surface area contributed by atoms with Crippen LogP contribution in [-0.4, -0.2) is 40.0 Å². The molecule has 0 saturated heterocycles. The minimum atomic E-state index is 0.227. The van der Waals surface area contributed by atoms with Crippen molar-refractivity contribution in [3.05, 3.63) is 0 Å². The number of aromatic nitrogens is 4. The van der Waals surface area contributed by atoms with Gasteiger partial charge in [-0.15, -0.1) is 0 Å². The van der Waals surface area contributed by atoms with E-state index < -0.39 is 0 Å². The Morgan fingerprint density at radius 1 is 1.50 bits per heavy atom. The van der Waals surface area contributed by atoms with Crippen LogP contribution in [-0.2, 0) is 11.8 Å².